The van der Waals surface area contributed by atoms with Crippen LogP contribution in [-0.4, -0.2) is 15.6 Å². The molecule has 4 nitrogen and oxygen atoms in total. The van der Waals surface area contributed by atoms with Crippen molar-refractivity contribution in [3.05, 3.63) is 46.6 Å². The SMILES string of the molecule is O=C(Nc1ccccc1I)n1ccnc1. The van der Waals surface area contributed by atoms with Crippen LogP contribution in [-0.2, 0) is 0 Å². The van der Waals surface area contributed by atoms with Crippen LogP contribution in [0.2, 0.25) is 0 Å². The first-order valence-corrected chi connectivity index (χ1v) is 5.39. The van der Waals surface area contributed by atoms with Crippen LogP contribution in [0, 0.1) is 3.57 Å². The van der Waals surface area contributed by atoms with E-state index in [-0.39, 0.29) is 6.03 Å². The number of para-hydroxylation sites is 1. The highest BCUT2D eigenvalue weighted by Gasteiger charge is 2.05. The molecule has 0 radical (unpaired) electrons. The second-order valence-corrected chi connectivity index (χ2v) is 4.04. The van der Waals surface area contributed by atoms with E-state index in [4.69, 9.17) is 0 Å². The maximum Gasteiger partial charge on any atom is 0.331 e. The molecule has 0 aliphatic carbocycles. The predicted octanol–water partition coefficient (Wildman–Crippen LogP) is 2.57. The van der Waals surface area contributed by atoms with E-state index in [2.05, 4.69) is 32.9 Å². The Balaban J connectivity index is 2.17. The lowest BCUT2D eigenvalue weighted by Crippen LogP contribution is -2.18. The van der Waals surface area contributed by atoms with E-state index < -0.39 is 0 Å². The van der Waals surface area contributed by atoms with Gasteiger partial charge in [0.05, 0.1) is 5.69 Å². The summed E-state index contributed by atoms with van der Waals surface area (Å²) in [6.07, 6.45) is 4.63. The fourth-order valence-electron chi connectivity index (χ4n) is 1.12. The number of imidazole rings is 1. The first-order valence-electron chi connectivity index (χ1n) is 4.31. The van der Waals surface area contributed by atoms with Gasteiger partial charge in [-0.3, -0.25) is 4.57 Å². The van der Waals surface area contributed by atoms with Gasteiger partial charge < -0.3 is 5.32 Å². The van der Waals surface area contributed by atoms with Gasteiger partial charge in [0.1, 0.15) is 6.33 Å². The molecular formula is C10H8IN3O. The summed E-state index contributed by atoms with van der Waals surface area (Å²) in [4.78, 5) is 15.4. The third-order valence-electron chi connectivity index (χ3n) is 1.85. The number of aromatic nitrogens is 2. The van der Waals surface area contributed by atoms with Crippen LogP contribution in [0.25, 0.3) is 0 Å². The first-order chi connectivity index (χ1) is 7.27. The molecule has 76 valence electrons. The monoisotopic (exact) mass is 313 g/mol. The molecule has 0 fully saturated rings. The minimum atomic E-state index is -0.211. The lowest BCUT2D eigenvalue weighted by Gasteiger charge is -2.06. The highest BCUT2D eigenvalue weighted by Crippen LogP contribution is 2.16. The Labute approximate surface area is 100 Å². The second-order valence-electron chi connectivity index (χ2n) is 2.88. The molecule has 0 aliphatic heterocycles. The molecule has 0 bridgehead atoms. The minimum Gasteiger partial charge on any atom is -0.306 e. The molecule has 15 heavy (non-hydrogen) atoms. The number of carbonyl (C=O) groups is 1. The fourth-order valence-corrected chi connectivity index (χ4v) is 1.64. The lowest BCUT2D eigenvalue weighted by atomic mass is 10.3. The van der Waals surface area contributed by atoms with Gasteiger partial charge in [-0.05, 0) is 34.7 Å². The Kier molecular flexibility index (Phi) is 3.00. The third kappa shape index (κ3) is 2.35. The molecule has 1 N–H and O–H groups in total. The average Bonchev–Trinajstić information content (AvgIpc) is 2.74. The summed E-state index contributed by atoms with van der Waals surface area (Å²) < 4.78 is 2.40. The van der Waals surface area contributed by atoms with Gasteiger partial charge in [0, 0.05) is 16.0 Å². The van der Waals surface area contributed by atoms with Crippen molar-refractivity contribution in [2.45, 2.75) is 0 Å². The van der Waals surface area contributed by atoms with Gasteiger partial charge in [-0.25, -0.2) is 9.78 Å². The number of nitrogens with zero attached hydrogens (tertiary/aromatic N) is 2. The highest BCUT2D eigenvalue weighted by atomic mass is 127. The average molecular weight is 313 g/mol. The zero-order valence-electron chi connectivity index (χ0n) is 7.72. The molecule has 1 aromatic heterocycles. The predicted molar refractivity (Wildman–Crippen MR) is 65.8 cm³/mol. The van der Waals surface area contributed by atoms with Crippen molar-refractivity contribution in [1.29, 1.82) is 0 Å². The Morgan fingerprint density at radius 1 is 1.40 bits per heavy atom. The van der Waals surface area contributed by atoms with Crippen molar-refractivity contribution in [3.63, 3.8) is 0 Å². The number of amides is 1. The van der Waals surface area contributed by atoms with Crippen molar-refractivity contribution < 1.29 is 4.79 Å². The van der Waals surface area contributed by atoms with Gasteiger partial charge in [0.25, 0.3) is 0 Å². The molecule has 1 heterocycles. The van der Waals surface area contributed by atoms with Crippen LogP contribution < -0.4 is 5.32 Å². The van der Waals surface area contributed by atoms with Gasteiger partial charge >= 0.3 is 6.03 Å². The van der Waals surface area contributed by atoms with E-state index in [0.29, 0.717) is 0 Å². The van der Waals surface area contributed by atoms with Crippen LogP contribution in [0.3, 0.4) is 0 Å². The topological polar surface area (TPSA) is 46.9 Å². The Morgan fingerprint density at radius 3 is 2.87 bits per heavy atom. The van der Waals surface area contributed by atoms with Gasteiger partial charge in [-0.1, -0.05) is 12.1 Å². The Bertz CT molecular complexity index is 467. The fraction of sp³-hybridized carbons (Fsp3) is 0. The van der Waals surface area contributed by atoms with E-state index in [1.54, 1.807) is 12.4 Å². The Hall–Kier alpha value is -1.37. The van der Waals surface area contributed by atoms with Crippen molar-refractivity contribution in [3.8, 4) is 0 Å². The Morgan fingerprint density at radius 2 is 2.20 bits per heavy atom. The van der Waals surface area contributed by atoms with Crippen molar-refractivity contribution in [1.82, 2.24) is 9.55 Å². The molecule has 0 unspecified atom stereocenters. The number of carbonyl (C=O) groups excluding carboxylic acids is 1. The minimum absolute atomic E-state index is 0.211. The van der Waals surface area contributed by atoms with Gasteiger partial charge in [-0.2, -0.15) is 0 Å². The zero-order valence-corrected chi connectivity index (χ0v) is 9.88. The number of anilines is 1. The number of nitrogens with one attached hydrogen (secondary N) is 1. The normalized spacial score (nSPS) is 9.93. The van der Waals surface area contributed by atoms with E-state index in [1.807, 2.05) is 24.3 Å². The van der Waals surface area contributed by atoms with Crippen LogP contribution >= 0.6 is 22.6 Å². The maximum absolute atomic E-state index is 11.6. The van der Waals surface area contributed by atoms with Crippen LogP contribution in [0.1, 0.15) is 0 Å². The van der Waals surface area contributed by atoms with Crippen LogP contribution in [0.15, 0.2) is 43.0 Å². The molecule has 1 amide bonds. The first kappa shape index (κ1) is 10.2. The lowest BCUT2D eigenvalue weighted by molar-refractivity contribution is 0.253. The summed E-state index contributed by atoms with van der Waals surface area (Å²) >= 11 is 2.17. The van der Waals surface area contributed by atoms with E-state index in [9.17, 15) is 4.79 Å². The maximum atomic E-state index is 11.6. The van der Waals surface area contributed by atoms with E-state index in [0.717, 1.165) is 9.26 Å². The molecule has 5 heteroatoms. The molecule has 2 aromatic rings. The zero-order chi connectivity index (χ0) is 10.7. The molecule has 0 spiro atoms. The van der Waals surface area contributed by atoms with Crippen LogP contribution in [0.4, 0.5) is 10.5 Å². The van der Waals surface area contributed by atoms with Gasteiger partial charge in [0.2, 0.25) is 0 Å². The number of halogens is 1. The largest absolute Gasteiger partial charge is 0.331 e. The number of benzene rings is 1. The number of hydrogen-bond acceptors (Lipinski definition) is 2. The smallest absolute Gasteiger partial charge is 0.306 e. The molecule has 0 saturated carbocycles. The van der Waals surface area contributed by atoms with E-state index >= 15 is 0 Å². The quantitative estimate of drug-likeness (QED) is 0.823. The number of rotatable bonds is 1. The molecule has 0 saturated heterocycles. The molecule has 0 atom stereocenters. The highest BCUT2D eigenvalue weighted by molar-refractivity contribution is 14.1. The van der Waals surface area contributed by atoms with Gasteiger partial charge in [-0.15, -0.1) is 0 Å². The molecule has 1 aromatic carbocycles. The summed E-state index contributed by atoms with van der Waals surface area (Å²) in [5.74, 6) is 0. The second kappa shape index (κ2) is 4.43. The van der Waals surface area contributed by atoms with E-state index in [1.165, 1.54) is 10.9 Å². The molecule has 2 rings (SSSR count). The summed E-state index contributed by atoms with van der Waals surface area (Å²) in [7, 11) is 0. The summed E-state index contributed by atoms with van der Waals surface area (Å²) in [5.41, 5.74) is 0.803. The summed E-state index contributed by atoms with van der Waals surface area (Å²) in [6.45, 7) is 0. The van der Waals surface area contributed by atoms with Crippen molar-refractivity contribution >= 4 is 34.3 Å². The standard InChI is InChI=1S/C10H8IN3O/c11-8-3-1-2-4-9(8)13-10(15)14-6-5-12-7-14/h1-7H,(H,13,15). The van der Waals surface area contributed by atoms with Crippen molar-refractivity contribution in [2.75, 3.05) is 5.32 Å². The van der Waals surface area contributed by atoms with Crippen molar-refractivity contribution in [2.24, 2.45) is 0 Å². The third-order valence-corrected chi connectivity index (χ3v) is 2.80. The molecular weight excluding hydrogens is 305 g/mol. The summed E-state index contributed by atoms with van der Waals surface area (Å²) in [5, 5.41) is 2.79. The molecule has 0 aliphatic rings. The van der Waals surface area contributed by atoms with Crippen LogP contribution in [0.5, 0.6) is 0 Å². The summed E-state index contributed by atoms with van der Waals surface area (Å²) in [6, 6.07) is 7.39. The van der Waals surface area contributed by atoms with Gasteiger partial charge in [0.15, 0.2) is 0 Å². The number of hydrogen-bond donors (Lipinski definition) is 1.